The lowest BCUT2D eigenvalue weighted by Crippen LogP contribution is -2.02. The number of carboxylic acid groups (broad SMARTS) is 1. The number of thiophene rings is 1. The fourth-order valence-corrected chi connectivity index (χ4v) is 2.81. The molecule has 0 aliphatic heterocycles. The standard InChI is InChI=1S/C16H18O4S/c1-3-12-9-14(15(21-12)16(17)18)20-10-11-7-5-6-8-13(11)19-4-2/h5-9H,3-4,10H2,1-2H3,(H,17,18). The Hall–Kier alpha value is -2.01. The summed E-state index contributed by atoms with van der Waals surface area (Å²) in [6.45, 7) is 4.78. The lowest BCUT2D eigenvalue weighted by molar-refractivity contribution is 0.0697. The highest BCUT2D eigenvalue weighted by Gasteiger charge is 2.16. The molecule has 0 amide bonds. The molecule has 1 aromatic heterocycles. The largest absolute Gasteiger partial charge is 0.493 e. The van der Waals surface area contributed by atoms with E-state index in [1.165, 1.54) is 11.3 Å². The van der Waals surface area contributed by atoms with Gasteiger partial charge >= 0.3 is 5.97 Å². The zero-order chi connectivity index (χ0) is 15.2. The highest BCUT2D eigenvalue weighted by atomic mass is 32.1. The molecule has 0 unspecified atom stereocenters. The highest BCUT2D eigenvalue weighted by Crippen LogP contribution is 2.31. The summed E-state index contributed by atoms with van der Waals surface area (Å²) in [5.41, 5.74) is 0.903. The Kier molecular flexibility index (Phi) is 5.22. The van der Waals surface area contributed by atoms with Gasteiger partial charge in [-0.25, -0.2) is 4.79 Å². The summed E-state index contributed by atoms with van der Waals surface area (Å²) >= 11 is 1.26. The van der Waals surface area contributed by atoms with Crippen LogP contribution in [-0.2, 0) is 13.0 Å². The summed E-state index contributed by atoms with van der Waals surface area (Å²) in [6, 6.07) is 9.41. The third kappa shape index (κ3) is 3.76. The quantitative estimate of drug-likeness (QED) is 0.840. The first-order chi connectivity index (χ1) is 10.2. The number of rotatable bonds is 7. The van der Waals surface area contributed by atoms with Crippen LogP contribution in [0.1, 0.15) is 34.0 Å². The minimum atomic E-state index is -0.951. The summed E-state index contributed by atoms with van der Waals surface area (Å²) in [6.07, 6.45) is 0.795. The summed E-state index contributed by atoms with van der Waals surface area (Å²) in [7, 11) is 0. The molecule has 0 radical (unpaired) electrons. The topological polar surface area (TPSA) is 55.8 Å². The van der Waals surface area contributed by atoms with Gasteiger partial charge in [-0.05, 0) is 25.5 Å². The van der Waals surface area contributed by atoms with E-state index in [2.05, 4.69) is 0 Å². The van der Waals surface area contributed by atoms with E-state index in [1.807, 2.05) is 38.1 Å². The van der Waals surface area contributed by atoms with E-state index >= 15 is 0 Å². The van der Waals surface area contributed by atoms with Crippen molar-refractivity contribution in [2.75, 3.05) is 6.61 Å². The van der Waals surface area contributed by atoms with Gasteiger partial charge in [0.05, 0.1) is 6.61 Å². The lowest BCUT2D eigenvalue weighted by atomic mass is 10.2. The van der Waals surface area contributed by atoms with Crippen molar-refractivity contribution in [2.45, 2.75) is 26.9 Å². The van der Waals surface area contributed by atoms with E-state index < -0.39 is 5.97 Å². The van der Waals surface area contributed by atoms with Crippen molar-refractivity contribution >= 4 is 17.3 Å². The Bertz CT molecular complexity index is 618. The molecule has 0 atom stereocenters. The zero-order valence-electron chi connectivity index (χ0n) is 12.1. The van der Waals surface area contributed by atoms with Gasteiger partial charge in [0.2, 0.25) is 0 Å². The Labute approximate surface area is 128 Å². The third-order valence-electron chi connectivity index (χ3n) is 2.95. The van der Waals surface area contributed by atoms with Gasteiger partial charge in [0, 0.05) is 10.4 Å². The molecule has 0 fully saturated rings. The average Bonchev–Trinajstić information content (AvgIpc) is 2.90. The van der Waals surface area contributed by atoms with Crippen molar-refractivity contribution in [3.05, 3.63) is 45.6 Å². The van der Waals surface area contributed by atoms with Crippen LogP contribution in [-0.4, -0.2) is 17.7 Å². The fourth-order valence-electron chi connectivity index (χ4n) is 1.93. The number of aryl methyl sites for hydroxylation is 1. The number of ether oxygens (including phenoxy) is 2. The van der Waals surface area contributed by atoms with Gasteiger partial charge in [0.15, 0.2) is 4.88 Å². The number of carboxylic acids is 1. The molecule has 0 aliphatic carbocycles. The second kappa shape index (κ2) is 7.13. The normalized spacial score (nSPS) is 10.4. The van der Waals surface area contributed by atoms with Crippen molar-refractivity contribution in [1.29, 1.82) is 0 Å². The van der Waals surface area contributed by atoms with Crippen LogP contribution >= 0.6 is 11.3 Å². The first kappa shape index (κ1) is 15.4. The second-order valence-corrected chi connectivity index (χ2v) is 5.53. The van der Waals surface area contributed by atoms with Crippen LogP contribution in [0.15, 0.2) is 30.3 Å². The van der Waals surface area contributed by atoms with Gasteiger partial charge in [0.25, 0.3) is 0 Å². The van der Waals surface area contributed by atoms with Gasteiger partial charge in [-0.2, -0.15) is 0 Å². The molecule has 0 saturated heterocycles. The lowest BCUT2D eigenvalue weighted by Gasteiger charge is -2.11. The molecule has 1 N–H and O–H groups in total. The Morgan fingerprint density at radius 1 is 1.19 bits per heavy atom. The number of hydrogen-bond donors (Lipinski definition) is 1. The molecule has 5 heteroatoms. The first-order valence-corrected chi connectivity index (χ1v) is 7.66. The summed E-state index contributed by atoms with van der Waals surface area (Å²) < 4.78 is 11.2. The molecule has 2 rings (SSSR count). The van der Waals surface area contributed by atoms with Gasteiger partial charge in [-0.15, -0.1) is 11.3 Å². The van der Waals surface area contributed by atoms with Gasteiger partial charge in [-0.1, -0.05) is 25.1 Å². The van der Waals surface area contributed by atoms with Gasteiger partial charge < -0.3 is 14.6 Å². The second-order valence-electron chi connectivity index (χ2n) is 4.39. The number of hydrogen-bond acceptors (Lipinski definition) is 4. The molecule has 1 heterocycles. The maximum atomic E-state index is 11.2. The van der Waals surface area contributed by atoms with Crippen molar-refractivity contribution in [1.82, 2.24) is 0 Å². The first-order valence-electron chi connectivity index (χ1n) is 6.85. The van der Waals surface area contributed by atoms with Crippen LogP contribution < -0.4 is 9.47 Å². The minimum Gasteiger partial charge on any atom is -0.493 e. The van der Waals surface area contributed by atoms with E-state index in [4.69, 9.17) is 9.47 Å². The average molecular weight is 306 g/mol. The fraction of sp³-hybridized carbons (Fsp3) is 0.312. The number of carbonyl (C=O) groups is 1. The predicted molar refractivity (Wildman–Crippen MR) is 82.6 cm³/mol. The van der Waals surface area contributed by atoms with E-state index in [0.717, 1.165) is 22.6 Å². The molecule has 1 aromatic carbocycles. The van der Waals surface area contributed by atoms with E-state index in [-0.39, 0.29) is 11.5 Å². The molecule has 0 saturated carbocycles. The summed E-state index contributed by atoms with van der Waals surface area (Å²) in [5, 5.41) is 9.22. The molecule has 112 valence electrons. The molecule has 2 aromatic rings. The van der Waals surface area contributed by atoms with Crippen LogP contribution in [0.2, 0.25) is 0 Å². The van der Waals surface area contributed by atoms with Crippen LogP contribution in [0.25, 0.3) is 0 Å². The third-order valence-corrected chi connectivity index (χ3v) is 4.20. The smallest absolute Gasteiger partial charge is 0.349 e. The number of aromatic carboxylic acids is 1. The molecule has 0 bridgehead atoms. The van der Waals surface area contributed by atoms with Crippen molar-refractivity contribution < 1.29 is 19.4 Å². The van der Waals surface area contributed by atoms with Crippen molar-refractivity contribution in [2.24, 2.45) is 0 Å². The predicted octanol–water partition coefficient (Wildman–Crippen LogP) is 3.99. The highest BCUT2D eigenvalue weighted by molar-refractivity contribution is 7.14. The Morgan fingerprint density at radius 2 is 1.95 bits per heavy atom. The van der Waals surface area contributed by atoms with E-state index in [1.54, 1.807) is 6.07 Å². The molecule has 0 aliphatic rings. The maximum Gasteiger partial charge on any atom is 0.349 e. The van der Waals surface area contributed by atoms with Gasteiger partial charge in [-0.3, -0.25) is 0 Å². The Morgan fingerprint density at radius 3 is 2.62 bits per heavy atom. The van der Waals surface area contributed by atoms with Crippen molar-refractivity contribution in [3.63, 3.8) is 0 Å². The molecular formula is C16H18O4S. The van der Waals surface area contributed by atoms with E-state index in [9.17, 15) is 9.90 Å². The molecule has 4 nitrogen and oxygen atoms in total. The van der Waals surface area contributed by atoms with Crippen LogP contribution in [0, 0.1) is 0 Å². The SMILES string of the molecule is CCOc1ccccc1COc1cc(CC)sc1C(=O)O. The summed E-state index contributed by atoms with van der Waals surface area (Å²) in [5.74, 6) is 0.242. The minimum absolute atomic E-state index is 0.251. The molecular weight excluding hydrogens is 288 g/mol. The van der Waals surface area contributed by atoms with E-state index in [0.29, 0.717) is 12.4 Å². The molecule has 21 heavy (non-hydrogen) atoms. The monoisotopic (exact) mass is 306 g/mol. The van der Waals surface area contributed by atoms with Crippen molar-refractivity contribution in [3.8, 4) is 11.5 Å². The van der Waals surface area contributed by atoms with Gasteiger partial charge in [0.1, 0.15) is 18.1 Å². The number of benzene rings is 1. The van der Waals surface area contributed by atoms with Crippen LogP contribution in [0.3, 0.4) is 0 Å². The number of para-hydroxylation sites is 1. The maximum absolute atomic E-state index is 11.2. The molecule has 0 spiro atoms. The Balaban J connectivity index is 2.16. The zero-order valence-corrected chi connectivity index (χ0v) is 12.9. The van der Waals surface area contributed by atoms with Crippen LogP contribution in [0.5, 0.6) is 11.5 Å². The van der Waals surface area contributed by atoms with Crippen LogP contribution in [0.4, 0.5) is 0 Å². The summed E-state index contributed by atoms with van der Waals surface area (Å²) in [4.78, 5) is 12.5.